The summed E-state index contributed by atoms with van der Waals surface area (Å²) in [6.07, 6.45) is 0.176. The van der Waals surface area contributed by atoms with Gasteiger partial charge in [0, 0.05) is 25.8 Å². The molecule has 0 aromatic carbocycles. The Morgan fingerprint density at radius 3 is 2.86 bits per heavy atom. The summed E-state index contributed by atoms with van der Waals surface area (Å²) in [5, 5.41) is 23.0. The van der Waals surface area contributed by atoms with Crippen molar-refractivity contribution in [3.63, 3.8) is 0 Å². The summed E-state index contributed by atoms with van der Waals surface area (Å²) in [5.41, 5.74) is 2.77. The Morgan fingerprint density at radius 1 is 1.50 bits per heavy atom. The second-order valence-electron chi connectivity index (χ2n) is 5.83. The summed E-state index contributed by atoms with van der Waals surface area (Å²) < 4.78 is 7.16. The van der Waals surface area contributed by atoms with Gasteiger partial charge in [0.25, 0.3) is 0 Å². The molecule has 0 saturated carbocycles. The first-order valence-corrected chi connectivity index (χ1v) is 7.27. The number of nitriles is 1. The monoisotopic (exact) mass is 301 g/mol. The molecule has 1 fully saturated rings. The quantitative estimate of drug-likeness (QED) is 0.916. The van der Waals surface area contributed by atoms with E-state index in [0.29, 0.717) is 36.9 Å². The van der Waals surface area contributed by atoms with Crippen LogP contribution in [0.2, 0.25) is 0 Å². The molecule has 0 bridgehead atoms. The molecule has 3 heterocycles. The molecule has 7 heteroatoms. The fraction of sp³-hybridized carbons (Fsp3) is 0.533. The van der Waals surface area contributed by atoms with Crippen molar-refractivity contribution in [1.29, 1.82) is 5.26 Å². The van der Waals surface area contributed by atoms with Crippen LogP contribution >= 0.6 is 0 Å². The largest absolute Gasteiger partial charge is 0.392 e. The molecule has 1 aliphatic rings. The molecule has 2 aromatic heterocycles. The van der Waals surface area contributed by atoms with Crippen LogP contribution in [0.25, 0.3) is 0 Å². The van der Waals surface area contributed by atoms with Gasteiger partial charge < -0.3 is 14.2 Å². The summed E-state index contributed by atoms with van der Waals surface area (Å²) in [4.78, 5) is 6.42. The lowest BCUT2D eigenvalue weighted by molar-refractivity contribution is 0.169. The van der Waals surface area contributed by atoms with Crippen LogP contribution in [0.1, 0.15) is 41.1 Å². The van der Waals surface area contributed by atoms with E-state index < -0.39 is 6.10 Å². The van der Waals surface area contributed by atoms with Gasteiger partial charge in [-0.25, -0.2) is 0 Å². The van der Waals surface area contributed by atoms with Crippen molar-refractivity contribution in [3.8, 4) is 6.07 Å². The van der Waals surface area contributed by atoms with Crippen LogP contribution in [-0.4, -0.2) is 37.4 Å². The summed E-state index contributed by atoms with van der Waals surface area (Å²) in [7, 11) is 1.88. The average molecular weight is 301 g/mol. The van der Waals surface area contributed by atoms with E-state index in [2.05, 4.69) is 21.1 Å². The van der Waals surface area contributed by atoms with Crippen molar-refractivity contribution in [2.45, 2.75) is 39.0 Å². The van der Waals surface area contributed by atoms with Crippen LogP contribution in [0, 0.1) is 25.2 Å². The van der Waals surface area contributed by atoms with Crippen molar-refractivity contribution >= 4 is 0 Å². The van der Waals surface area contributed by atoms with Crippen LogP contribution in [0.4, 0.5) is 0 Å². The highest BCUT2D eigenvalue weighted by molar-refractivity contribution is 5.34. The number of β-amino-alcohol motifs (C(OH)–C–C–N with tert-alkyl or cyclic N) is 1. The van der Waals surface area contributed by atoms with Gasteiger partial charge in [0.2, 0.25) is 5.89 Å². The smallest absolute Gasteiger partial charge is 0.244 e. The molecular formula is C15H19N5O2. The minimum absolute atomic E-state index is 0.0821. The van der Waals surface area contributed by atoms with Gasteiger partial charge in [-0.3, -0.25) is 4.90 Å². The molecule has 1 saturated heterocycles. The molecule has 0 spiro atoms. The summed E-state index contributed by atoms with van der Waals surface area (Å²) >= 11 is 0. The van der Waals surface area contributed by atoms with E-state index in [1.54, 1.807) is 6.92 Å². The van der Waals surface area contributed by atoms with E-state index in [0.717, 1.165) is 11.3 Å². The number of likely N-dealkylation sites (tertiary alicyclic amines) is 1. The molecule has 7 nitrogen and oxygen atoms in total. The maximum Gasteiger partial charge on any atom is 0.244 e. The standard InChI is InChI=1S/C15H19N5O2/c1-9-11(4-12(6-16)19(9)3)7-20-8-13(21)5-14(20)15-17-10(2)18-22-15/h4,13-14,21H,5,7-8H2,1-3H3/t13-,14-/m1/s1. The topological polar surface area (TPSA) is 91.1 Å². The molecule has 1 N–H and O–H groups in total. The molecule has 116 valence electrons. The molecule has 0 aliphatic carbocycles. The Balaban J connectivity index is 1.85. The zero-order valence-corrected chi connectivity index (χ0v) is 12.9. The van der Waals surface area contributed by atoms with Gasteiger partial charge in [0.15, 0.2) is 5.82 Å². The molecule has 3 rings (SSSR count). The Morgan fingerprint density at radius 2 is 2.27 bits per heavy atom. The number of aryl methyl sites for hydroxylation is 1. The Labute approximate surface area is 128 Å². The molecule has 1 aliphatic heterocycles. The maximum atomic E-state index is 10.0. The van der Waals surface area contributed by atoms with Gasteiger partial charge in [-0.2, -0.15) is 10.2 Å². The van der Waals surface area contributed by atoms with Crippen LogP contribution < -0.4 is 0 Å². The van der Waals surface area contributed by atoms with Gasteiger partial charge in [-0.15, -0.1) is 0 Å². The third-order valence-electron chi connectivity index (χ3n) is 4.34. The number of hydrogen-bond acceptors (Lipinski definition) is 6. The summed E-state index contributed by atoms with van der Waals surface area (Å²) in [6.45, 7) is 4.98. The molecule has 0 unspecified atom stereocenters. The third kappa shape index (κ3) is 2.51. The first kappa shape index (κ1) is 14.8. The maximum absolute atomic E-state index is 10.0. The zero-order chi connectivity index (χ0) is 15.9. The second kappa shape index (κ2) is 5.55. The second-order valence-corrected chi connectivity index (χ2v) is 5.83. The van der Waals surface area contributed by atoms with Crippen LogP contribution in [0.15, 0.2) is 10.6 Å². The van der Waals surface area contributed by atoms with Crippen molar-refractivity contribution < 1.29 is 9.63 Å². The lowest BCUT2D eigenvalue weighted by Crippen LogP contribution is -2.24. The normalized spacial score (nSPS) is 22.1. The highest BCUT2D eigenvalue weighted by Gasteiger charge is 2.36. The number of aromatic nitrogens is 3. The zero-order valence-electron chi connectivity index (χ0n) is 12.9. The van der Waals surface area contributed by atoms with E-state index in [1.807, 2.05) is 24.6 Å². The number of aliphatic hydroxyl groups is 1. The number of nitrogens with zero attached hydrogens (tertiary/aromatic N) is 5. The highest BCUT2D eigenvalue weighted by atomic mass is 16.5. The van der Waals surface area contributed by atoms with Gasteiger partial charge in [-0.1, -0.05) is 5.16 Å². The SMILES string of the molecule is Cc1noc([C@H]2C[C@@H](O)CN2Cc2cc(C#N)n(C)c2C)n1. The molecule has 0 amide bonds. The lowest BCUT2D eigenvalue weighted by Gasteiger charge is -2.21. The van der Waals surface area contributed by atoms with E-state index >= 15 is 0 Å². The fourth-order valence-electron chi connectivity index (χ4n) is 3.01. The van der Waals surface area contributed by atoms with E-state index in [9.17, 15) is 5.11 Å². The molecule has 2 aromatic rings. The van der Waals surface area contributed by atoms with Crippen LogP contribution in [-0.2, 0) is 13.6 Å². The first-order chi connectivity index (χ1) is 10.5. The Kier molecular flexibility index (Phi) is 3.72. The van der Waals surface area contributed by atoms with E-state index in [1.165, 1.54) is 0 Å². The number of rotatable bonds is 3. The van der Waals surface area contributed by atoms with Gasteiger partial charge in [0.05, 0.1) is 12.1 Å². The Hall–Kier alpha value is -2.17. The number of aliphatic hydroxyl groups excluding tert-OH is 1. The number of hydrogen-bond donors (Lipinski definition) is 1. The van der Waals surface area contributed by atoms with Crippen molar-refractivity contribution in [3.05, 3.63) is 34.7 Å². The highest BCUT2D eigenvalue weighted by Crippen LogP contribution is 2.33. The minimum atomic E-state index is -0.406. The van der Waals surface area contributed by atoms with Crippen molar-refractivity contribution in [2.24, 2.45) is 7.05 Å². The Bertz CT molecular complexity index is 727. The first-order valence-electron chi connectivity index (χ1n) is 7.27. The summed E-state index contributed by atoms with van der Waals surface area (Å²) in [5.74, 6) is 1.14. The van der Waals surface area contributed by atoms with Gasteiger partial charge in [-0.05, 0) is 31.9 Å². The van der Waals surface area contributed by atoms with Crippen LogP contribution in [0.5, 0.6) is 0 Å². The van der Waals surface area contributed by atoms with E-state index in [-0.39, 0.29) is 6.04 Å². The van der Waals surface area contributed by atoms with Gasteiger partial charge >= 0.3 is 0 Å². The van der Waals surface area contributed by atoms with Crippen molar-refractivity contribution in [1.82, 2.24) is 19.6 Å². The third-order valence-corrected chi connectivity index (χ3v) is 4.34. The molecular weight excluding hydrogens is 282 g/mol. The molecule has 2 atom stereocenters. The molecule has 22 heavy (non-hydrogen) atoms. The van der Waals surface area contributed by atoms with Crippen molar-refractivity contribution in [2.75, 3.05) is 6.54 Å². The minimum Gasteiger partial charge on any atom is -0.392 e. The van der Waals surface area contributed by atoms with Gasteiger partial charge in [0.1, 0.15) is 11.8 Å². The predicted octanol–water partition coefficient (Wildman–Crippen LogP) is 1.20. The molecule has 0 radical (unpaired) electrons. The fourth-order valence-corrected chi connectivity index (χ4v) is 3.01. The predicted molar refractivity (Wildman–Crippen MR) is 77.7 cm³/mol. The van der Waals surface area contributed by atoms with Crippen LogP contribution in [0.3, 0.4) is 0 Å². The summed E-state index contributed by atoms with van der Waals surface area (Å²) in [6, 6.07) is 4.01. The lowest BCUT2D eigenvalue weighted by atomic mass is 10.2. The average Bonchev–Trinajstić information content (AvgIpc) is 3.13. The van der Waals surface area contributed by atoms with E-state index in [4.69, 9.17) is 9.78 Å².